The van der Waals surface area contributed by atoms with Gasteiger partial charge < -0.3 is 25.2 Å². The normalized spacial score (nSPS) is 18.7. The molecule has 1 unspecified atom stereocenters. The quantitative estimate of drug-likeness (QED) is 0.312. The standard InChI is InChI=1S/C25H34FN5O.HI/c1-3-27-25(29-22-11-16-32-24-8-6-5-7-20(22)24)28-18-19-9-10-23(21(26)17-19)31-14-12-30(4-2)13-15-31;/h5-10,17,22H,3-4,11-16,18H2,1-2H3,(H2,27,28,29);1H. The highest BCUT2D eigenvalue weighted by atomic mass is 127. The largest absolute Gasteiger partial charge is 0.493 e. The number of benzene rings is 2. The second kappa shape index (κ2) is 12.4. The highest BCUT2D eigenvalue weighted by Gasteiger charge is 2.22. The molecular formula is C25H35FIN5O. The molecule has 0 bridgehead atoms. The molecule has 0 aliphatic carbocycles. The molecule has 2 aliphatic heterocycles. The van der Waals surface area contributed by atoms with E-state index in [1.165, 1.54) is 0 Å². The zero-order valence-corrected chi connectivity index (χ0v) is 21.8. The number of aliphatic imine (C=N–C) groups is 1. The van der Waals surface area contributed by atoms with Gasteiger partial charge >= 0.3 is 0 Å². The Morgan fingerprint density at radius 3 is 2.64 bits per heavy atom. The minimum atomic E-state index is -0.168. The first-order valence-corrected chi connectivity index (χ1v) is 11.7. The Balaban J connectivity index is 0.00000306. The number of guanidine groups is 1. The van der Waals surface area contributed by atoms with Crippen LogP contribution in [0.4, 0.5) is 10.1 Å². The van der Waals surface area contributed by atoms with Gasteiger partial charge in [-0.3, -0.25) is 0 Å². The molecule has 1 fully saturated rings. The van der Waals surface area contributed by atoms with Gasteiger partial charge in [0, 0.05) is 44.7 Å². The third-order valence-electron chi connectivity index (χ3n) is 6.21. The van der Waals surface area contributed by atoms with E-state index in [0.717, 1.165) is 68.5 Å². The lowest BCUT2D eigenvalue weighted by atomic mass is 10.0. The number of ether oxygens (including phenoxy) is 1. The zero-order valence-electron chi connectivity index (χ0n) is 19.5. The van der Waals surface area contributed by atoms with E-state index in [9.17, 15) is 4.39 Å². The average molecular weight is 567 g/mol. The average Bonchev–Trinajstić information content (AvgIpc) is 2.83. The molecule has 180 valence electrons. The summed E-state index contributed by atoms with van der Waals surface area (Å²) >= 11 is 0. The SMILES string of the molecule is CCNC(=NCc1ccc(N2CCN(CC)CC2)c(F)c1)NC1CCOc2ccccc21.I. The van der Waals surface area contributed by atoms with Crippen molar-refractivity contribution < 1.29 is 9.13 Å². The number of piperazine rings is 1. The monoisotopic (exact) mass is 567 g/mol. The molecule has 33 heavy (non-hydrogen) atoms. The molecule has 0 amide bonds. The lowest BCUT2D eigenvalue weighted by Crippen LogP contribution is -2.46. The molecule has 8 heteroatoms. The van der Waals surface area contributed by atoms with Crippen LogP contribution in [0.15, 0.2) is 47.5 Å². The molecule has 2 N–H and O–H groups in total. The highest BCUT2D eigenvalue weighted by molar-refractivity contribution is 14.0. The van der Waals surface area contributed by atoms with Gasteiger partial charge in [0.25, 0.3) is 0 Å². The highest BCUT2D eigenvalue weighted by Crippen LogP contribution is 2.31. The number of para-hydroxylation sites is 1. The lowest BCUT2D eigenvalue weighted by Gasteiger charge is -2.35. The Kier molecular flexibility index (Phi) is 9.61. The number of rotatable bonds is 6. The van der Waals surface area contributed by atoms with Crippen LogP contribution < -0.4 is 20.3 Å². The van der Waals surface area contributed by atoms with Gasteiger partial charge in [-0.1, -0.05) is 31.2 Å². The molecule has 0 radical (unpaired) electrons. The van der Waals surface area contributed by atoms with Crippen LogP contribution in [0.1, 0.15) is 37.4 Å². The number of hydrogen-bond acceptors (Lipinski definition) is 4. The summed E-state index contributed by atoms with van der Waals surface area (Å²) in [5.74, 6) is 1.48. The first-order chi connectivity index (χ1) is 15.7. The van der Waals surface area contributed by atoms with Crippen LogP contribution in [-0.2, 0) is 6.54 Å². The van der Waals surface area contributed by atoms with Crippen molar-refractivity contribution in [2.24, 2.45) is 4.99 Å². The van der Waals surface area contributed by atoms with Gasteiger partial charge in [-0.05, 0) is 37.2 Å². The summed E-state index contributed by atoms with van der Waals surface area (Å²) in [6, 6.07) is 13.8. The summed E-state index contributed by atoms with van der Waals surface area (Å²) in [4.78, 5) is 9.26. The number of nitrogens with zero attached hydrogens (tertiary/aromatic N) is 3. The molecule has 1 saturated heterocycles. The maximum absolute atomic E-state index is 14.9. The minimum absolute atomic E-state index is 0. The minimum Gasteiger partial charge on any atom is -0.493 e. The predicted octanol–water partition coefficient (Wildman–Crippen LogP) is 4.16. The fraction of sp³-hybridized carbons (Fsp3) is 0.480. The maximum atomic E-state index is 14.9. The molecule has 0 spiro atoms. The number of hydrogen-bond donors (Lipinski definition) is 2. The topological polar surface area (TPSA) is 52.1 Å². The van der Waals surface area contributed by atoms with E-state index < -0.39 is 0 Å². The molecule has 2 aromatic rings. The van der Waals surface area contributed by atoms with Crippen molar-refractivity contribution in [1.29, 1.82) is 0 Å². The van der Waals surface area contributed by atoms with Crippen molar-refractivity contribution in [1.82, 2.24) is 15.5 Å². The molecule has 2 aliphatic rings. The van der Waals surface area contributed by atoms with E-state index in [1.807, 2.05) is 37.3 Å². The van der Waals surface area contributed by atoms with Crippen LogP contribution >= 0.6 is 24.0 Å². The molecule has 2 heterocycles. The van der Waals surface area contributed by atoms with E-state index >= 15 is 0 Å². The molecule has 0 aromatic heterocycles. The second-order valence-corrected chi connectivity index (χ2v) is 8.27. The maximum Gasteiger partial charge on any atom is 0.192 e. The molecule has 0 saturated carbocycles. The van der Waals surface area contributed by atoms with Crippen LogP contribution in [-0.4, -0.2) is 56.7 Å². The van der Waals surface area contributed by atoms with Gasteiger partial charge in [0.2, 0.25) is 0 Å². The molecule has 1 atom stereocenters. The van der Waals surface area contributed by atoms with Gasteiger partial charge in [-0.2, -0.15) is 0 Å². The summed E-state index contributed by atoms with van der Waals surface area (Å²) in [5, 5.41) is 6.83. The number of nitrogens with one attached hydrogen (secondary N) is 2. The Morgan fingerprint density at radius 2 is 1.91 bits per heavy atom. The smallest absolute Gasteiger partial charge is 0.192 e. The lowest BCUT2D eigenvalue weighted by molar-refractivity contribution is 0.261. The van der Waals surface area contributed by atoms with Crippen molar-refractivity contribution in [3.63, 3.8) is 0 Å². The number of likely N-dealkylation sites (N-methyl/N-ethyl adjacent to an activating group) is 1. The molecule has 2 aromatic carbocycles. The third kappa shape index (κ3) is 6.50. The number of halogens is 2. The van der Waals surface area contributed by atoms with Crippen LogP contribution in [0.25, 0.3) is 0 Å². The predicted molar refractivity (Wildman–Crippen MR) is 143 cm³/mol. The summed E-state index contributed by atoms with van der Waals surface area (Å²) in [7, 11) is 0. The van der Waals surface area contributed by atoms with Crippen molar-refractivity contribution >= 4 is 35.6 Å². The van der Waals surface area contributed by atoms with Crippen molar-refractivity contribution in [3.05, 3.63) is 59.4 Å². The number of fused-ring (bicyclic) bond motifs is 1. The Morgan fingerprint density at radius 1 is 1.12 bits per heavy atom. The van der Waals surface area contributed by atoms with Crippen molar-refractivity contribution in [3.8, 4) is 5.75 Å². The van der Waals surface area contributed by atoms with Gasteiger partial charge in [0.1, 0.15) is 11.6 Å². The fourth-order valence-corrected chi connectivity index (χ4v) is 4.36. The van der Waals surface area contributed by atoms with Crippen LogP contribution in [0.5, 0.6) is 5.75 Å². The van der Waals surface area contributed by atoms with Crippen LogP contribution in [0, 0.1) is 5.82 Å². The molecule has 4 rings (SSSR count). The summed E-state index contributed by atoms with van der Waals surface area (Å²) in [5.41, 5.74) is 2.70. The third-order valence-corrected chi connectivity index (χ3v) is 6.21. The molecule has 6 nitrogen and oxygen atoms in total. The van der Waals surface area contributed by atoms with E-state index in [4.69, 9.17) is 9.73 Å². The van der Waals surface area contributed by atoms with Crippen LogP contribution in [0.2, 0.25) is 0 Å². The van der Waals surface area contributed by atoms with E-state index in [-0.39, 0.29) is 35.8 Å². The Labute approximate surface area is 213 Å². The summed E-state index contributed by atoms with van der Waals surface area (Å²) < 4.78 is 20.6. The van der Waals surface area contributed by atoms with E-state index in [1.54, 1.807) is 6.07 Å². The van der Waals surface area contributed by atoms with Gasteiger partial charge in [0.05, 0.1) is 24.9 Å². The number of anilines is 1. The van der Waals surface area contributed by atoms with Crippen molar-refractivity contribution in [2.45, 2.75) is 32.9 Å². The summed E-state index contributed by atoms with van der Waals surface area (Å²) in [6.07, 6.45) is 0.871. The second-order valence-electron chi connectivity index (χ2n) is 8.27. The fourth-order valence-electron chi connectivity index (χ4n) is 4.36. The van der Waals surface area contributed by atoms with E-state index in [2.05, 4.69) is 33.4 Å². The van der Waals surface area contributed by atoms with Crippen molar-refractivity contribution in [2.75, 3.05) is 50.8 Å². The zero-order chi connectivity index (χ0) is 22.3. The Hall–Kier alpha value is -2.07. The van der Waals surface area contributed by atoms with Crippen LogP contribution in [0.3, 0.4) is 0 Å². The summed E-state index contributed by atoms with van der Waals surface area (Å²) in [6.45, 7) is 10.8. The first-order valence-electron chi connectivity index (χ1n) is 11.7. The Bertz CT molecular complexity index is 933. The van der Waals surface area contributed by atoms with Gasteiger partial charge in [0.15, 0.2) is 5.96 Å². The van der Waals surface area contributed by atoms with E-state index in [0.29, 0.717) is 18.8 Å². The molecular weight excluding hydrogens is 532 g/mol. The first kappa shape index (κ1) is 25.6. The van der Waals surface area contributed by atoms with Gasteiger partial charge in [-0.15, -0.1) is 24.0 Å². The van der Waals surface area contributed by atoms with Gasteiger partial charge in [-0.25, -0.2) is 9.38 Å².